The fourth-order valence-electron chi connectivity index (χ4n) is 5.37. The second-order valence-electron chi connectivity index (χ2n) is 9.04. The fourth-order valence-corrected chi connectivity index (χ4v) is 5.37. The van der Waals surface area contributed by atoms with E-state index in [0.717, 1.165) is 44.5 Å². The van der Waals surface area contributed by atoms with Crippen LogP contribution in [0.1, 0.15) is 22.3 Å². The Morgan fingerprint density at radius 2 is 0.711 bits per heavy atom. The van der Waals surface area contributed by atoms with Gasteiger partial charge in [0.25, 0.3) is 0 Å². The van der Waals surface area contributed by atoms with Crippen molar-refractivity contribution in [3.63, 3.8) is 0 Å². The first-order valence-corrected chi connectivity index (χ1v) is 12.5. The lowest BCUT2D eigenvalue weighted by molar-refractivity contribution is -0.152. The summed E-state index contributed by atoms with van der Waals surface area (Å²) in [6, 6.07) is 39.5. The van der Waals surface area contributed by atoms with Crippen LogP contribution in [0.2, 0.25) is 0 Å². The normalized spacial score (nSPS) is 17.2. The van der Waals surface area contributed by atoms with Crippen molar-refractivity contribution in [2.45, 2.75) is 0 Å². The van der Waals surface area contributed by atoms with Crippen LogP contribution in [0.25, 0.3) is 22.3 Å². The van der Waals surface area contributed by atoms with Gasteiger partial charge in [0.05, 0.1) is 14.2 Å². The molecule has 188 valence electrons. The van der Waals surface area contributed by atoms with Crippen molar-refractivity contribution in [3.05, 3.63) is 144 Å². The number of hydrogen-bond acceptors (Lipinski definition) is 4. The first kappa shape index (κ1) is 25.0. The minimum Gasteiger partial charge on any atom is -0.469 e. The molecule has 0 aliphatic heterocycles. The number of rotatable bonds is 6. The van der Waals surface area contributed by atoms with Gasteiger partial charge in [-0.05, 0) is 44.5 Å². The SMILES string of the molecule is COC(=O)[C@@H]1C(c2ccccc2)=C(c2ccccc2)C(c2ccccc2)=C(c2ccccc2)[C@@H]1C(=O)OC. The molecule has 1 aliphatic rings. The Balaban J connectivity index is 2.02. The monoisotopic (exact) mass is 500 g/mol. The van der Waals surface area contributed by atoms with E-state index in [1.807, 2.05) is 121 Å². The summed E-state index contributed by atoms with van der Waals surface area (Å²) < 4.78 is 10.7. The molecule has 0 bridgehead atoms. The molecule has 0 N–H and O–H groups in total. The van der Waals surface area contributed by atoms with Gasteiger partial charge in [-0.2, -0.15) is 0 Å². The van der Waals surface area contributed by atoms with Crippen molar-refractivity contribution < 1.29 is 19.1 Å². The topological polar surface area (TPSA) is 52.6 Å². The predicted octanol–water partition coefficient (Wildman–Crippen LogP) is 6.80. The van der Waals surface area contributed by atoms with E-state index in [1.165, 1.54) is 14.2 Å². The van der Waals surface area contributed by atoms with Crippen molar-refractivity contribution in [1.82, 2.24) is 0 Å². The lowest BCUT2D eigenvalue weighted by Crippen LogP contribution is -2.36. The van der Waals surface area contributed by atoms with Gasteiger partial charge in [-0.25, -0.2) is 0 Å². The molecule has 1 aliphatic carbocycles. The lowest BCUT2D eigenvalue weighted by Gasteiger charge is -2.37. The molecule has 4 nitrogen and oxygen atoms in total. The van der Waals surface area contributed by atoms with Gasteiger partial charge in [-0.1, -0.05) is 121 Å². The van der Waals surface area contributed by atoms with Crippen LogP contribution in [0.4, 0.5) is 0 Å². The number of carbonyl (C=O) groups excluding carboxylic acids is 2. The largest absolute Gasteiger partial charge is 0.469 e. The smallest absolute Gasteiger partial charge is 0.314 e. The van der Waals surface area contributed by atoms with E-state index in [-0.39, 0.29) is 0 Å². The predicted molar refractivity (Wildman–Crippen MR) is 150 cm³/mol. The second-order valence-corrected chi connectivity index (χ2v) is 9.04. The number of carbonyl (C=O) groups is 2. The van der Waals surface area contributed by atoms with Crippen LogP contribution in [0.3, 0.4) is 0 Å². The van der Waals surface area contributed by atoms with E-state index in [2.05, 4.69) is 0 Å². The van der Waals surface area contributed by atoms with E-state index >= 15 is 0 Å². The molecule has 38 heavy (non-hydrogen) atoms. The average molecular weight is 501 g/mol. The van der Waals surface area contributed by atoms with E-state index in [4.69, 9.17) is 9.47 Å². The van der Waals surface area contributed by atoms with Crippen molar-refractivity contribution in [2.24, 2.45) is 11.8 Å². The second kappa shape index (κ2) is 11.1. The minimum absolute atomic E-state index is 0.492. The summed E-state index contributed by atoms with van der Waals surface area (Å²) in [6.07, 6.45) is 0. The van der Waals surface area contributed by atoms with E-state index in [0.29, 0.717) is 0 Å². The van der Waals surface area contributed by atoms with Crippen LogP contribution < -0.4 is 0 Å². The number of esters is 2. The Hall–Kier alpha value is -4.70. The zero-order valence-corrected chi connectivity index (χ0v) is 21.3. The highest BCUT2D eigenvalue weighted by Gasteiger charge is 2.47. The third-order valence-electron chi connectivity index (χ3n) is 6.95. The standard InChI is InChI=1S/C34H28O4/c1-37-33(35)31-29(25-19-11-5-12-20-25)27(23-15-7-3-8-16-23)28(24-17-9-4-10-18-24)30(32(31)34(36)38-2)26-21-13-6-14-22-26/h3-22,31-32H,1-2H3/t31-,32+. The Bertz CT molecular complexity index is 1370. The lowest BCUT2D eigenvalue weighted by atomic mass is 9.65. The Kier molecular flexibility index (Phi) is 7.32. The van der Waals surface area contributed by atoms with Gasteiger partial charge in [-0.3, -0.25) is 9.59 Å². The third-order valence-corrected chi connectivity index (χ3v) is 6.95. The average Bonchev–Trinajstić information content (AvgIpc) is 3.00. The van der Waals surface area contributed by atoms with Gasteiger partial charge >= 0.3 is 11.9 Å². The molecule has 0 fully saturated rings. The molecule has 2 atom stereocenters. The van der Waals surface area contributed by atoms with Gasteiger partial charge in [0.1, 0.15) is 11.8 Å². The van der Waals surface area contributed by atoms with Crippen LogP contribution in [-0.4, -0.2) is 26.2 Å². The number of hydrogen-bond donors (Lipinski definition) is 0. The first-order chi connectivity index (χ1) is 18.7. The molecule has 4 heteroatoms. The number of benzene rings is 4. The summed E-state index contributed by atoms with van der Waals surface area (Å²) in [4.78, 5) is 27.4. The molecule has 4 aromatic carbocycles. The first-order valence-electron chi connectivity index (χ1n) is 12.5. The summed E-state index contributed by atoms with van der Waals surface area (Å²) in [7, 11) is 2.72. The summed E-state index contributed by atoms with van der Waals surface area (Å²) in [6.45, 7) is 0. The highest BCUT2D eigenvalue weighted by atomic mass is 16.5. The maximum atomic E-state index is 13.7. The zero-order chi connectivity index (χ0) is 26.5. The third kappa shape index (κ3) is 4.57. The van der Waals surface area contributed by atoms with Gasteiger partial charge in [-0.15, -0.1) is 0 Å². The quantitative estimate of drug-likeness (QED) is 0.273. The molecule has 0 unspecified atom stereocenters. The van der Waals surface area contributed by atoms with Crippen molar-refractivity contribution >= 4 is 34.2 Å². The van der Waals surface area contributed by atoms with Crippen LogP contribution in [0.5, 0.6) is 0 Å². The summed E-state index contributed by atoms with van der Waals surface area (Å²) in [5, 5.41) is 0. The Morgan fingerprint density at radius 1 is 0.447 bits per heavy atom. The summed E-state index contributed by atoms with van der Waals surface area (Å²) in [5.41, 5.74) is 6.81. The van der Waals surface area contributed by atoms with Gasteiger partial charge < -0.3 is 9.47 Å². The molecule has 0 amide bonds. The van der Waals surface area contributed by atoms with Crippen LogP contribution in [-0.2, 0) is 19.1 Å². The molecule has 0 heterocycles. The molecular formula is C34H28O4. The maximum Gasteiger partial charge on any atom is 0.314 e. The number of methoxy groups -OCH3 is 2. The van der Waals surface area contributed by atoms with Crippen molar-refractivity contribution in [3.8, 4) is 0 Å². The van der Waals surface area contributed by atoms with Crippen LogP contribution in [0.15, 0.2) is 121 Å². The summed E-state index contributed by atoms with van der Waals surface area (Å²) in [5.74, 6) is -2.83. The molecule has 0 saturated carbocycles. The highest BCUT2D eigenvalue weighted by Crippen LogP contribution is 2.54. The fraction of sp³-hybridized carbons (Fsp3) is 0.118. The maximum absolute atomic E-state index is 13.7. The van der Waals surface area contributed by atoms with Gasteiger partial charge in [0, 0.05) is 0 Å². The van der Waals surface area contributed by atoms with E-state index < -0.39 is 23.8 Å². The molecule has 0 saturated heterocycles. The summed E-state index contributed by atoms with van der Waals surface area (Å²) >= 11 is 0. The van der Waals surface area contributed by atoms with Gasteiger partial charge in [0.2, 0.25) is 0 Å². The Morgan fingerprint density at radius 3 is 0.974 bits per heavy atom. The molecule has 0 aromatic heterocycles. The molecular weight excluding hydrogens is 472 g/mol. The zero-order valence-electron chi connectivity index (χ0n) is 21.3. The van der Waals surface area contributed by atoms with Crippen molar-refractivity contribution in [1.29, 1.82) is 0 Å². The minimum atomic E-state index is -0.923. The van der Waals surface area contributed by atoms with Crippen LogP contribution in [0, 0.1) is 11.8 Å². The van der Waals surface area contributed by atoms with Gasteiger partial charge in [0.15, 0.2) is 0 Å². The number of allylic oxidation sites excluding steroid dienone is 2. The van der Waals surface area contributed by atoms with E-state index in [9.17, 15) is 9.59 Å². The van der Waals surface area contributed by atoms with E-state index in [1.54, 1.807) is 0 Å². The molecule has 0 radical (unpaired) electrons. The molecule has 5 rings (SSSR count). The van der Waals surface area contributed by atoms with Crippen LogP contribution >= 0.6 is 0 Å². The highest BCUT2D eigenvalue weighted by molar-refractivity contribution is 6.28. The Labute approximate surface area is 222 Å². The van der Waals surface area contributed by atoms with Crippen molar-refractivity contribution in [2.75, 3.05) is 14.2 Å². The molecule has 0 spiro atoms. The number of ether oxygens (including phenoxy) is 2. The molecule has 4 aromatic rings.